The van der Waals surface area contributed by atoms with Crippen molar-refractivity contribution < 1.29 is 14.4 Å². The molecule has 0 bridgehead atoms. The van der Waals surface area contributed by atoms with Crippen molar-refractivity contribution in [3.63, 3.8) is 0 Å². The third-order valence-electron chi connectivity index (χ3n) is 3.05. The first-order valence-corrected chi connectivity index (χ1v) is 8.90. The van der Waals surface area contributed by atoms with E-state index >= 15 is 0 Å². The zero-order chi connectivity index (χ0) is 13.0. The van der Waals surface area contributed by atoms with E-state index in [2.05, 4.69) is 6.92 Å². The van der Waals surface area contributed by atoms with Crippen LogP contribution in [0.25, 0.3) is 0 Å². The summed E-state index contributed by atoms with van der Waals surface area (Å²) in [7, 11) is -3.74. The Morgan fingerprint density at radius 2 is 1.06 bits per heavy atom. The molecule has 0 aromatic carbocycles. The predicted molar refractivity (Wildman–Crippen MR) is 79.1 cm³/mol. The van der Waals surface area contributed by atoms with E-state index in [1.165, 1.54) is 51.4 Å². The van der Waals surface area contributed by atoms with Crippen LogP contribution in [0.2, 0.25) is 0 Å². The monoisotopic (exact) mass is 287 g/mol. The second-order valence-electron chi connectivity index (χ2n) is 4.92. The van der Waals surface area contributed by atoms with Crippen molar-refractivity contribution in [1.82, 2.24) is 0 Å². The van der Waals surface area contributed by atoms with E-state index in [4.69, 9.17) is 9.79 Å². The molecule has 0 aliphatic carbocycles. The Bertz CT molecular complexity index is 206. The molecule has 0 spiro atoms. The number of hydrogen-bond acceptors (Lipinski definition) is 1. The number of unbranched alkanes of at least 4 members (excludes halogenated alkanes) is 10. The van der Waals surface area contributed by atoms with Gasteiger partial charge in [0.15, 0.2) is 0 Å². The van der Waals surface area contributed by atoms with Crippen LogP contribution < -0.4 is 0 Å². The summed E-state index contributed by atoms with van der Waals surface area (Å²) in [5.74, 6) is 0. The minimum atomic E-state index is -3.74. The van der Waals surface area contributed by atoms with Gasteiger partial charge >= 0.3 is 7.60 Å². The van der Waals surface area contributed by atoms with Gasteiger partial charge in [0.1, 0.15) is 0 Å². The molecule has 0 aliphatic heterocycles. The molecule has 0 aliphatic rings. The molecule has 0 atom stereocenters. The second-order valence-corrected chi connectivity index (χ2v) is 6.70. The van der Waals surface area contributed by atoms with Crippen LogP contribution in [0.5, 0.6) is 0 Å². The van der Waals surface area contributed by atoms with Crippen molar-refractivity contribution in [1.29, 1.82) is 0 Å². The van der Waals surface area contributed by atoms with Gasteiger partial charge in [-0.05, 0) is 6.42 Å². The smallest absolute Gasteiger partial charge is 0.324 e. The molecule has 0 saturated carbocycles. The van der Waals surface area contributed by atoms with Gasteiger partial charge in [-0.3, -0.25) is 4.57 Å². The molecule has 0 rings (SSSR count). The van der Waals surface area contributed by atoms with Crippen LogP contribution in [0.4, 0.5) is 0 Å². The molecule has 0 fully saturated rings. The summed E-state index contributed by atoms with van der Waals surface area (Å²) >= 11 is 0. The van der Waals surface area contributed by atoms with E-state index in [0.717, 1.165) is 12.8 Å². The van der Waals surface area contributed by atoms with Gasteiger partial charge in [-0.15, -0.1) is 0 Å². The zero-order valence-electron chi connectivity index (χ0n) is 12.2. The van der Waals surface area contributed by atoms with E-state index in [0.29, 0.717) is 6.42 Å². The largest absolute Gasteiger partial charge is 0.325 e. The first kappa shape index (κ1) is 21.4. The molecular formula is C13H29NaO3P. The fraction of sp³-hybridized carbons (Fsp3) is 1.00. The summed E-state index contributed by atoms with van der Waals surface area (Å²) in [6.45, 7) is 2.23. The topological polar surface area (TPSA) is 57.5 Å². The van der Waals surface area contributed by atoms with E-state index in [-0.39, 0.29) is 35.7 Å². The van der Waals surface area contributed by atoms with Crippen LogP contribution in [-0.2, 0) is 4.57 Å². The third kappa shape index (κ3) is 19.5. The van der Waals surface area contributed by atoms with Crippen molar-refractivity contribution in [3.05, 3.63) is 0 Å². The van der Waals surface area contributed by atoms with Crippen molar-refractivity contribution in [2.75, 3.05) is 6.16 Å². The molecule has 3 nitrogen and oxygen atoms in total. The minimum absolute atomic E-state index is 0. The summed E-state index contributed by atoms with van der Waals surface area (Å²) < 4.78 is 10.6. The molecule has 0 unspecified atom stereocenters. The number of rotatable bonds is 12. The van der Waals surface area contributed by atoms with Gasteiger partial charge in [0.25, 0.3) is 0 Å². The Labute approximate surface area is 135 Å². The second kappa shape index (κ2) is 14.6. The van der Waals surface area contributed by atoms with Gasteiger partial charge < -0.3 is 9.79 Å². The van der Waals surface area contributed by atoms with Crippen LogP contribution in [0.15, 0.2) is 0 Å². The Morgan fingerprint density at radius 1 is 0.722 bits per heavy atom. The van der Waals surface area contributed by atoms with E-state index < -0.39 is 7.60 Å². The third-order valence-corrected chi connectivity index (χ3v) is 3.95. The summed E-state index contributed by atoms with van der Waals surface area (Å²) in [5.41, 5.74) is 0. The average molecular weight is 287 g/mol. The minimum Gasteiger partial charge on any atom is -0.324 e. The van der Waals surface area contributed by atoms with Gasteiger partial charge in [0, 0.05) is 35.7 Å². The standard InChI is InChI=1S/C13H29O3P.Na/c1-2-3-4-5-6-7-8-9-10-11-12-13-17(14,15)16;/h2-13H2,1H3,(H2,14,15,16);. The predicted octanol–water partition coefficient (Wildman–Crippen LogP) is 4.09. The molecule has 105 valence electrons. The maximum atomic E-state index is 10.6. The maximum absolute atomic E-state index is 10.6. The van der Waals surface area contributed by atoms with Crippen LogP contribution in [0, 0.1) is 0 Å². The molecule has 1 radical (unpaired) electrons. The normalized spacial score (nSPS) is 11.3. The molecule has 0 aromatic heterocycles. The van der Waals surface area contributed by atoms with E-state index in [1.54, 1.807) is 0 Å². The van der Waals surface area contributed by atoms with Crippen molar-refractivity contribution in [2.45, 2.75) is 77.6 Å². The fourth-order valence-electron chi connectivity index (χ4n) is 1.98. The average Bonchev–Trinajstić information content (AvgIpc) is 2.24. The van der Waals surface area contributed by atoms with Gasteiger partial charge in [-0.1, -0.05) is 71.1 Å². The summed E-state index contributed by atoms with van der Waals surface area (Å²) in [4.78, 5) is 17.3. The molecule has 2 N–H and O–H groups in total. The van der Waals surface area contributed by atoms with Crippen LogP contribution in [-0.4, -0.2) is 45.5 Å². The quantitative estimate of drug-likeness (QED) is 0.323. The first-order chi connectivity index (χ1) is 8.06. The van der Waals surface area contributed by atoms with Gasteiger partial charge in [0.05, 0.1) is 0 Å². The van der Waals surface area contributed by atoms with Crippen LogP contribution in [0.1, 0.15) is 77.6 Å². The molecular weight excluding hydrogens is 258 g/mol. The number of hydrogen-bond donors (Lipinski definition) is 2. The Hall–Kier alpha value is 1.15. The van der Waals surface area contributed by atoms with Gasteiger partial charge in [0.2, 0.25) is 0 Å². The van der Waals surface area contributed by atoms with Gasteiger partial charge in [-0.25, -0.2) is 0 Å². The SMILES string of the molecule is CCCCCCCCCCCCCP(=O)(O)O.[Na]. The van der Waals surface area contributed by atoms with Crippen LogP contribution in [0.3, 0.4) is 0 Å². The summed E-state index contributed by atoms with van der Waals surface area (Å²) in [6, 6.07) is 0. The first-order valence-electron chi connectivity index (χ1n) is 7.11. The molecule has 0 saturated heterocycles. The molecule has 5 heteroatoms. The Morgan fingerprint density at radius 3 is 1.39 bits per heavy atom. The van der Waals surface area contributed by atoms with Crippen molar-refractivity contribution in [2.24, 2.45) is 0 Å². The Kier molecular flexibility index (Phi) is 17.3. The van der Waals surface area contributed by atoms with E-state index in [9.17, 15) is 4.57 Å². The zero-order valence-corrected chi connectivity index (χ0v) is 15.1. The summed E-state index contributed by atoms with van der Waals surface area (Å²) in [5, 5.41) is 0. The fourth-order valence-corrected chi connectivity index (χ4v) is 2.62. The Balaban J connectivity index is 0. The maximum Gasteiger partial charge on any atom is 0.325 e. The molecule has 0 aromatic rings. The molecule has 0 amide bonds. The van der Waals surface area contributed by atoms with Crippen molar-refractivity contribution >= 4 is 37.2 Å². The summed E-state index contributed by atoms with van der Waals surface area (Å²) in [6.07, 6.45) is 13.4. The van der Waals surface area contributed by atoms with Gasteiger partial charge in [-0.2, -0.15) is 0 Å². The van der Waals surface area contributed by atoms with Crippen LogP contribution >= 0.6 is 7.60 Å². The molecule has 0 heterocycles. The van der Waals surface area contributed by atoms with Crippen molar-refractivity contribution in [3.8, 4) is 0 Å². The van der Waals surface area contributed by atoms with E-state index in [1.807, 2.05) is 0 Å². The molecule has 18 heavy (non-hydrogen) atoms.